The Morgan fingerprint density at radius 3 is 2.65 bits per heavy atom. The van der Waals surface area contributed by atoms with E-state index in [2.05, 4.69) is 5.32 Å². The molecule has 0 fully saturated rings. The lowest BCUT2D eigenvalue weighted by atomic mass is 10.1. The van der Waals surface area contributed by atoms with Gasteiger partial charge in [0.2, 0.25) is 0 Å². The molecule has 0 bridgehead atoms. The van der Waals surface area contributed by atoms with Crippen LogP contribution < -0.4 is 10.1 Å². The number of nitrogens with one attached hydrogen (secondary N) is 1. The number of halogens is 1. The largest absolute Gasteiger partial charge is 0.492 e. The summed E-state index contributed by atoms with van der Waals surface area (Å²) in [7, 11) is 5.76. The first-order valence-corrected chi connectivity index (χ1v) is 5.79. The number of hydrogen-bond acceptors (Lipinski definition) is 3. The van der Waals surface area contributed by atoms with Gasteiger partial charge in [-0.3, -0.25) is 0 Å². The van der Waals surface area contributed by atoms with Crippen molar-refractivity contribution < 1.29 is 9.13 Å². The number of rotatable bonds is 6. The van der Waals surface area contributed by atoms with Crippen LogP contribution in [0.4, 0.5) is 4.39 Å². The van der Waals surface area contributed by atoms with Crippen LogP contribution in [0, 0.1) is 5.82 Å². The Bertz CT molecular complexity index is 355. The van der Waals surface area contributed by atoms with Crippen LogP contribution in [-0.2, 0) is 0 Å². The number of nitrogens with zero attached hydrogens (tertiary/aromatic N) is 1. The zero-order valence-electron chi connectivity index (χ0n) is 11.0. The van der Waals surface area contributed by atoms with Crippen LogP contribution >= 0.6 is 0 Å². The molecule has 96 valence electrons. The lowest BCUT2D eigenvalue weighted by molar-refractivity contribution is 0.260. The van der Waals surface area contributed by atoms with Crippen LogP contribution in [0.5, 0.6) is 5.75 Å². The fourth-order valence-corrected chi connectivity index (χ4v) is 1.45. The van der Waals surface area contributed by atoms with E-state index in [1.807, 2.05) is 39.0 Å². The lowest BCUT2D eigenvalue weighted by Gasteiger charge is -2.14. The number of hydrogen-bond donors (Lipinski definition) is 1. The van der Waals surface area contributed by atoms with E-state index >= 15 is 0 Å². The molecule has 17 heavy (non-hydrogen) atoms. The highest BCUT2D eigenvalue weighted by molar-refractivity contribution is 5.30. The molecule has 1 aromatic rings. The van der Waals surface area contributed by atoms with Crippen molar-refractivity contribution in [3.63, 3.8) is 0 Å². The minimum atomic E-state index is -0.228. The Labute approximate surface area is 103 Å². The van der Waals surface area contributed by atoms with Crippen molar-refractivity contribution in [2.24, 2.45) is 0 Å². The summed E-state index contributed by atoms with van der Waals surface area (Å²) in [5.41, 5.74) is 0.660. The van der Waals surface area contributed by atoms with Gasteiger partial charge >= 0.3 is 0 Å². The van der Waals surface area contributed by atoms with Gasteiger partial charge in [-0.2, -0.15) is 0 Å². The van der Waals surface area contributed by atoms with Crippen LogP contribution in [-0.4, -0.2) is 39.2 Å². The van der Waals surface area contributed by atoms with Crippen molar-refractivity contribution >= 4 is 0 Å². The van der Waals surface area contributed by atoms with Gasteiger partial charge in [-0.05, 0) is 34.1 Å². The normalized spacial score (nSPS) is 12.8. The van der Waals surface area contributed by atoms with Crippen LogP contribution in [0.15, 0.2) is 18.2 Å². The van der Waals surface area contributed by atoms with Crippen molar-refractivity contribution in [3.05, 3.63) is 29.6 Å². The molecule has 0 saturated carbocycles. The molecule has 1 unspecified atom stereocenters. The molecule has 0 aliphatic carbocycles. The van der Waals surface area contributed by atoms with Crippen LogP contribution in [0.2, 0.25) is 0 Å². The minimum Gasteiger partial charge on any atom is -0.492 e. The second-order valence-electron chi connectivity index (χ2n) is 4.35. The Balaban J connectivity index is 2.62. The first kappa shape index (κ1) is 13.9. The smallest absolute Gasteiger partial charge is 0.131 e. The van der Waals surface area contributed by atoms with E-state index in [0.717, 1.165) is 6.54 Å². The molecular weight excluding hydrogens is 219 g/mol. The number of ether oxygens (including phenoxy) is 1. The first-order chi connectivity index (χ1) is 8.04. The Kier molecular flexibility index (Phi) is 5.38. The van der Waals surface area contributed by atoms with Crippen LogP contribution in [0.1, 0.15) is 18.5 Å². The average Bonchev–Trinajstić information content (AvgIpc) is 2.28. The second-order valence-corrected chi connectivity index (χ2v) is 4.35. The van der Waals surface area contributed by atoms with E-state index in [1.165, 1.54) is 6.07 Å². The topological polar surface area (TPSA) is 24.5 Å². The number of likely N-dealkylation sites (N-methyl/N-ethyl adjacent to an activating group) is 1. The van der Waals surface area contributed by atoms with Crippen molar-refractivity contribution in [3.8, 4) is 5.75 Å². The predicted molar refractivity (Wildman–Crippen MR) is 67.9 cm³/mol. The highest BCUT2D eigenvalue weighted by Gasteiger charge is 2.09. The molecule has 0 amide bonds. The van der Waals surface area contributed by atoms with Crippen LogP contribution in [0.3, 0.4) is 0 Å². The van der Waals surface area contributed by atoms with Gasteiger partial charge < -0.3 is 15.0 Å². The summed E-state index contributed by atoms with van der Waals surface area (Å²) in [6.07, 6.45) is 0. The van der Waals surface area contributed by atoms with Gasteiger partial charge in [-0.1, -0.05) is 6.07 Å². The molecule has 1 N–H and O–H groups in total. The second kappa shape index (κ2) is 6.57. The molecule has 1 rings (SSSR count). The maximum absolute atomic E-state index is 13.7. The van der Waals surface area contributed by atoms with Gasteiger partial charge in [0.15, 0.2) is 0 Å². The fraction of sp³-hybridized carbons (Fsp3) is 0.538. The Morgan fingerprint density at radius 1 is 1.41 bits per heavy atom. The Morgan fingerprint density at radius 2 is 2.12 bits per heavy atom. The maximum atomic E-state index is 13.7. The van der Waals surface area contributed by atoms with Gasteiger partial charge in [0.05, 0.1) is 0 Å². The molecule has 3 nitrogen and oxygen atoms in total. The van der Waals surface area contributed by atoms with Crippen LogP contribution in [0.25, 0.3) is 0 Å². The number of benzene rings is 1. The van der Waals surface area contributed by atoms with Gasteiger partial charge in [0, 0.05) is 24.2 Å². The average molecular weight is 240 g/mol. The first-order valence-electron chi connectivity index (χ1n) is 5.79. The molecule has 1 aromatic carbocycles. The zero-order chi connectivity index (χ0) is 12.8. The van der Waals surface area contributed by atoms with Gasteiger partial charge in [-0.25, -0.2) is 4.39 Å². The standard InChI is InChI=1S/C13H21FN2O/c1-10(15-2)12-6-5-11(9-13(12)14)17-8-7-16(3)4/h5-6,9-10,15H,7-8H2,1-4H3. The SMILES string of the molecule is CNC(C)c1ccc(OCCN(C)C)cc1F. The summed E-state index contributed by atoms with van der Waals surface area (Å²) in [5, 5.41) is 3.01. The van der Waals surface area contributed by atoms with E-state index in [9.17, 15) is 4.39 Å². The molecule has 1 atom stereocenters. The van der Waals surface area contributed by atoms with Gasteiger partial charge in [0.1, 0.15) is 18.2 Å². The highest BCUT2D eigenvalue weighted by atomic mass is 19.1. The van der Waals surface area contributed by atoms with E-state index < -0.39 is 0 Å². The predicted octanol–water partition coefficient (Wildman–Crippen LogP) is 2.05. The monoisotopic (exact) mass is 240 g/mol. The molecule has 0 aliphatic rings. The molecule has 0 aliphatic heterocycles. The summed E-state index contributed by atoms with van der Waals surface area (Å²) in [6, 6.07) is 5.02. The highest BCUT2D eigenvalue weighted by Crippen LogP contribution is 2.21. The molecule has 4 heteroatoms. The fourth-order valence-electron chi connectivity index (χ4n) is 1.45. The third-order valence-corrected chi connectivity index (χ3v) is 2.68. The van der Waals surface area contributed by atoms with Gasteiger partial charge in [0.25, 0.3) is 0 Å². The minimum absolute atomic E-state index is 0.00539. The van der Waals surface area contributed by atoms with E-state index in [4.69, 9.17) is 4.74 Å². The summed E-state index contributed by atoms with van der Waals surface area (Å²) in [6.45, 7) is 3.30. The van der Waals surface area contributed by atoms with E-state index in [0.29, 0.717) is 17.9 Å². The summed E-state index contributed by atoms with van der Waals surface area (Å²) in [4.78, 5) is 2.02. The molecule has 0 saturated heterocycles. The lowest BCUT2D eigenvalue weighted by Crippen LogP contribution is -2.19. The van der Waals surface area contributed by atoms with Crippen molar-refractivity contribution in [1.29, 1.82) is 0 Å². The third kappa shape index (κ3) is 4.32. The maximum Gasteiger partial charge on any atom is 0.131 e. The molecular formula is C13H21FN2O. The summed E-state index contributed by atoms with van der Waals surface area (Å²) >= 11 is 0. The van der Waals surface area contributed by atoms with Crippen molar-refractivity contribution in [2.45, 2.75) is 13.0 Å². The zero-order valence-corrected chi connectivity index (χ0v) is 11.0. The molecule has 0 spiro atoms. The molecule has 0 radical (unpaired) electrons. The summed E-state index contributed by atoms with van der Waals surface area (Å²) < 4.78 is 19.2. The quantitative estimate of drug-likeness (QED) is 0.823. The van der Waals surface area contributed by atoms with E-state index in [1.54, 1.807) is 6.07 Å². The third-order valence-electron chi connectivity index (χ3n) is 2.68. The Hall–Kier alpha value is -1.13. The summed E-state index contributed by atoms with van der Waals surface area (Å²) in [5.74, 6) is 0.352. The van der Waals surface area contributed by atoms with Crippen molar-refractivity contribution in [1.82, 2.24) is 10.2 Å². The molecule has 0 aromatic heterocycles. The van der Waals surface area contributed by atoms with Gasteiger partial charge in [-0.15, -0.1) is 0 Å². The van der Waals surface area contributed by atoms with E-state index in [-0.39, 0.29) is 11.9 Å². The molecule has 0 heterocycles. The van der Waals surface area contributed by atoms with Crippen molar-refractivity contribution in [2.75, 3.05) is 34.3 Å².